The Balaban J connectivity index is 1.86. The first-order valence-electron chi connectivity index (χ1n) is 7.77. The molecular formula is C16H16F2N2O4S2. The molecule has 3 rings (SSSR count). The van der Waals surface area contributed by atoms with E-state index in [1.165, 1.54) is 28.6 Å². The third-order valence-corrected chi connectivity index (χ3v) is 7.21. The molecule has 2 aromatic carbocycles. The number of rotatable bonds is 4. The van der Waals surface area contributed by atoms with Gasteiger partial charge in [0.15, 0.2) is 0 Å². The van der Waals surface area contributed by atoms with E-state index in [1.54, 1.807) is 0 Å². The highest BCUT2D eigenvalue weighted by Gasteiger charge is 2.26. The molecular weight excluding hydrogens is 386 g/mol. The number of nitrogens with zero attached hydrogens (tertiary/aromatic N) is 1. The van der Waals surface area contributed by atoms with Crippen molar-refractivity contribution in [3.05, 3.63) is 54.1 Å². The van der Waals surface area contributed by atoms with E-state index >= 15 is 0 Å². The Morgan fingerprint density at radius 2 is 1.69 bits per heavy atom. The van der Waals surface area contributed by atoms with Crippen LogP contribution in [0.15, 0.2) is 47.4 Å². The lowest BCUT2D eigenvalue weighted by atomic mass is 10.3. The smallest absolute Gasteiger partial charge is 0.261 e. The molecule has 140 valence electrons. The molecule has 0 radical (unpaired) electrons. The maximum absolute atomic E-state index is 13.6. The van der Waals surface area contributed by atoms with E-state index in [0.717, 1.165) is 24.6 Å². The zero-order valence-corrected chi connectivity index (χ0v) is 15.2. The predicted molar refractivity (Wildman–Crippen MR) is 94.0 cm³/mol. The van der Waals surface area contributed by atoms with Crippen LogP contribution in [0.1, 0.15) is 12.8 Å². The first kappa shape index (κ1) is 18.6. The minimum absolute atomic E-state index is 0.0491. The van der Waals surface area contributed by atoms with E-state index in [1.807, 2.05) is 4.72 Å². The van der Waals surface area contributed by atoms with Crippen LogP contribution in [0.4, 0.5) is 20.2 Å². The first-order valence-corrected chi connectivity index (χ1v) is 10.9. The van der Waals surface area contributed by atoms with Gasteiger partial charge in [0.05, 0.1) is 22.0 Å². The van der Waals surface area contributed by atoms with Crippen molar-refractivity contribution in [2.75, 3.05) is 21.3 Å². The summed E-state index contributed by atoms with van der Waals surface area (Å²) in [7, 11) is -7.56. The third-order valence-electron chi connectivity index (χ3n) is 3.96. The van der Waals surface area contributed by atoms with Crippen LogP contribution in [-0.4, -0.2) is 29.1 Å². The average Bonchev–Trinajstić information content (AvgIpc) is 2.58. The summed E-state index contributed by atoms with van der Waals surface area (Å²) in [6, 6.07) is 7.62. The molecule has 1 saturated heterocycles. The summed E-state index contributed by atoms with van der Waals surface area (Å²) < 4.78 is 78.9. The molecule has 0 unspecified atom stereocenters. The van der Waals surface area contributed by atoms with Crippen LogP contribution in [0, 0.1) is 11.6 Å². The lowest BCUT2D eigenvalue weighted by molar-refractivity contribution is 0.574. The Bertz CT molecular complexity index is 1020. The molecule has 6 nitrogen and oxygen atoms in total. The fourth-order valence-corrected chi connectivity index (χ4v) is 5.35. The van der Waals surface area contributed by atoms with Gasteiger partial charge in [0.2, 0.25) is 10.0 Å². The van der Waals surface area contributed by atoms with E-state index in [4.69, 9.17) is 0 Å². The van der Waals surface area contributed by atoms with Crippen molar-refractivity contribution in [3.63, 3.8) is 0 Å². The van der Waals surface area contributed by atoms with Gasteiger partial charge in [0.25, 0.3) is 10.0 Å². The lowest BCUT2D eigenvalue weighted by Crippen LogP contribution is -2.37. The van der Waals surface area contributed by atoms with Crippen LogP contribution < -0.4 is 9.03 Å². The van der Waals surface area contributed by atoms with Crippen LogP contribution >= 0.6 is 0 Å². The molecule has 0 atom stereocenters. The summed E-state index contributed by atoms with van der Waals surface area (Å²) in [5.41, 5.74) is -0.145. The van der Waals surface area contributed by atoms with Crippen molar-refractivity contribution in [2.45, 2.75) is 17.7 Å². The number of anilines is 2. The van der Waals surface area contributed by atoms with E-state index in [9.17, 15) is 25.6 Å². The number of halogens is 2. The van der Waals surface area contributed by atoms with Crippen LogP contribution in [0.25, 0.3) is 0 Å². The molecule has 26 heavy (non-hydrogen) atoms. The van der Waals surface area contributed by atoms with Crippen molar-refractivity contribution in [3.8, 4) is 0 Å². The fraction of sp³-hybridized carbons (Fsp3) is 0.250. The van der Waals surface area contributed by atoms with Gasteiger partial charge in [0.1, 0.15) is 11.6 Å². The second-order valence-corrected chi connectivity index (χ2v) is 9.51. The van der Waals surface area contributed by atoms with Crippen LogP contribution in [-0.2, 0) is 20.0 Å². The summed E-state index contributed by atoms with van der Waals surface area (Å²) >= 11 is 0. The maximum atomic E-state index is 13.6. The topological polar surface area (TPSA) is 83.6 Å². The van der Waals surface area contributed by atoms with Crippen LogP contribution in [0.5, 0.6) is 0 Å². The summed E-state index contributed by atoms with van der Waals surface area (Å²) in [6.07, 6.45) is 1.31. The molecule has 0 aromatic heterocycles. The third kappa shape index (κ3) is 3.80. The number of sulfonamides is 2. The minimum atomic E-state index is -4.15. The summed E-state index contributed by atoms with van der Waals surface area (Å²) in [5.74, 6) is -1.64. The zero-order chi connectivity index (χ0) is 18.9. The summed E-state index contributed by atoms with van der Waals surface area (Å²) in [5, 5.41) is 0. The van der Waals surface area contributed by atoms with Gasteiger partial charge in [0, 0.05) is 12.6 Å². The van der Waals surface area contributed by atoms with E-state index in [-0.39, 0.29) is 10.6 Å². The highest BCUT2D eigenvalue weighted by molar-refractivity contribution is 7.93. The van der Waals surface area contributed by atoms with Gasteiger partial charge in [-0.05, 0) is 49.2 Å². The first-order chi connectivity index (χ1) is 12.2. The second-order valence-electron chi connectivity index (χ2n) is 5.82. The summed E-state index contributed by atoms with van der Waals surface area (Å²) in [4.78, 5) is -0.195. The number of hydrogen-bond acceptors (Lipinski definition) is 4. The van der Waals surface area contributed by atoms with Crippen molar-refractivity contribution in [1.29, 1.82) is 0 Å². The largest absolute Gasteiger partial charge is 0.277 e. The predicted octanol–water partition coefficient (Wildman–Crippen LogP) is 2.70. The Morgan fingerprint density at radius 1 is 1.00 bits per heavy atom. The summed E-state index contributed by atoms with van der Waals surface area (Å²) in [6.45, 7) is 0.335. The Hall–Kier alpha value is -2.20. The van der Waals surface area contributed by atoms with Gasteiger partial charge in [-0.25, -0.2) is 25.6 Å². The molecule has 0 bridgehead atoms. The molecule has 0 aliphatic carbocycles. The number of hydrogen-bond donors (Lipinski definition) is 1. The van der Waals surface area contributed by atoms with Gasteiger partial charge < -0.3 is 0 Å². The normalized spacial score (nSPS) is 17.1. The quantitative estimate of drug-likeness (QED) is 0.852. The van der Waals surface area contributed by atoms with Crippen molar-refractivity contribution >= 4 is 31.4 Å². The molecule has 0 saturated carbocycles. The SMILES string of the molecule is O=S(=O)(Nc1cc(F)ccc1F)c1ccc(N2CCCCS2(=O)=O)cc1. The van der Waals surface area contributed by atoms with Gasteiger partial charge in [-0.3, -0.25) is 9.03 Å². The van der Waals surface area contributed by atoms with Gasteiger partial charge in [-0.1, -0.05) is 0 Å². The van der Waals surface area contributed by atoms with Crippen molar-refractivity contribution < 1.29 is 25.6 Å². The molecule has 2 aromatic rings. The highest BCUT2D eigenvalue weighted by Crippen LogP contribution is 2.26. The maximum Gasteiger partial charge on any atom is 0.261 e. The lowest BCUT2D eigenvalue weighted by Gasteiger charge is -2.28. The van der Waals surface area contributed by atoms with Crippen molar-refractivity contribution in [1.82, 2.24) is 0 Å². The molecule has 1 N–H and O–H groups in total. The van der Waals surface area contributed by atoms with Gasteiger partial charge >= 0.3 is 0 Å². The molecule has 0 spiro atoms. The fourth-order valence-electron chi connectivity index (χ4n) is 2.65. The van der Waals surface area contributed by atoms with E-state index < -0.39 is 37.4 Å². The van der Waals surface area contributed by atoms with Crippen LogP contribution in [0.2, 0.25) is 0 Å². The van der Waals surface area contributed by atoms with Crippen LogP contribution in [0.3, 0.4) is 0 Å². The monoisotopic (exact) mass is 402 g/mol. The molecule has 1 heterocycles. The molecule has 0 amide bonds. The van der Waals surface area contributed by atoms with E-state index in [0.29, 0.717) is 18.7 Å². The van der Waals surface area contributed by atoms with Gasteiger partial charge in [-0.2, -0.15) is 0 Å². The molecule has 1 aliphatic heterocycles. The van der Waals surface area contributed by atoms with Crippen molar-refractivity contribution in [2.24, 2.45) is 0 Å². The molecule has 1 fully saturated rings. The molecule has 1 aliphatic rings. The Labute approximate surface area is 150 Å². The standard InChI is InChI=1S/C16H16F2N2O4S2/c17-12-3-8-15(18)16(11-12)19-26(23,24)14-6-4-13(5-7-14)20-9-1-2-10-25(20,21)22/h3-8,11,19H,1-2,9-10H2. The Morgan fingerprint density at radius 3 is 2.35 bits per heavy atom. The Kier molecular flexibility index (Phi) is 4.89. The minimum Gasteiger partial charge on any atom is -0.277 e. The van der Waals surface area contributed by atoms with E-state index in [2.05, 4.69) is 0 Å². The number of nitrogens with one attached hydrogen (secondary N) is 1. The molecule has 10 heteroatoms. The number of benzene rings is 2. The van der Waals surface area contributed by atoms with Gasteiger partial charge in [-0.15, -0.1) is 0 Å². The second kappa shape index (κ2) is 6.84. The average molecular weight is 402 g/mol. The highest BCUT2D eigenvalue weighted by atomic mass is 32.2. The zero-order valence-electron chi connectivity index (χ0n) is 13.5.